The lowest BCUT2D eigenvalue weighted by molar-refractivity contribution is -0.156. The number of carbonyl (C=O) groups excluding carboxylic acids is 2. The van der Waals surface area contributed by atoms with Gasteiger partial charge in [-0.1, -0.05) is 0 Å². The van der Waals surface area contributed by atoms with Crippen LogP contribution in [0.25, 0.3) is 0 Å². The van der Waals surface area contributed by atoms with Crippen LogP contribution in [0.3, 0.4) is 0 Å². The number of carbonyl (C=O) groups is 2. The van der Waals surface area contributed by atoms with E-state index in [0.29, 0.717) is 47.8 Å². The van der Waals surface area contributed by atoms with Crippen LogP contribution in [0.2, 0.25) is 0 Å². The summed E-state index contributed by atoms with van der Waals surface area (Å²) < 4.78 is 12.3. The Bertz CT molecular complexity index is 939. The first kappa shape index (κ1) is 16.0. The quantitative estimate of drug-likeness (QED) is 0.567. The molecule has 0 aromatic carbocycles. The van der Waals surface area contributed by atoms with Crippen molar-refractivity contribution in [3.05, 3.63) is 23.3 Å². The lowest BCUT2D eigenvalue weighted by atomic mass is 9.41. The van der Waals surface area contributed by atoms with Gasteiger partial charge in [-0.2, -0.15) is 0 Å². The summed E-state index contributed by atoms with van der Waals surface area (Å²) in [6.07, 6.45) is 10.4. The van der Waals surface area contributed by atoms with Crippen molar-refractivity contribution in [2.24, 2.45) is 23.7 Å². The van der Waals surface area contributed by atoms with E-state index < -0.39 is 0 Å². The topological polar surface area (TPSA) is 59.1 Å². The van der Waals surface area contributed by atoms with Crippen LogP contribution in [-0.4, -0.2) is 70.2 Å². The van der Waals surface area contributed by atoms with Crippen molar-refractivity contribution < 1.29 is 19.1 Å². The molecule has 8 heterocycles. The molecule has 8 aliphatic heterocycles. The Balaban J connectivity index is 1.25. The third-order valence-corrected chi connectivity index (χ3v) is 10.9. The molecule has 0 radical (unpaired) electrons. The molecule has 156 valence electrons. The minimum absolute atomic E-state index is 0.136. The van der Waals surface area contributed by atoms with Gasteiger partial charge in [0.25, 0.3) is 0 Å². The molecule has 1 aliphatic carbocycles. The molecule has 0 aromatic rings. The summed E-state index contributed by atoms with van der Waals surface area (Å²) in [5.41, 5.74) is 1.80. The van der Waals surface area contributed by atoms with Crippen LogP contribution in [0.1, 0.15) is 38.5 Å². The molecule has 6 heteroatoms. The second-order valence-electron chi connectivity index (χ2n) is 11.4. The van der Waals surface area contributed by atoms with Crippen LogP contribution in [0.5, 0.6) is 0 Å². The number of hydrogen-bond donors (Lipinski definition) is 0. The average molecular weight is 406 g/mol. The van der Waals surface area contributed by atoms with Gasteiger partial charge >= 0.3 is 11.9 Å². The summed E-state index contributed by atoms with van der Waals surface area (Å²) in [6.45, 7) is 2.29. The summed E-state index contributed by atoms with van der Waals surface area (Å²) in [6, 6.07) is 1.79. The Morgan fingerprint density at radius 1 is 0.767 bits per heavy atom. The highest BCUT2D eigenvalue weighted by atomic mass is 16.6. The Kier molecular flexibility index (Phi) is 2.45. The summed E-state index contributed by atoms with van der Waals surface area (Å²) in [5, 5.41) is 0. The van der Waals surface area contributed by atoms with E-state index >= 15 is 0 Å². The number of hydrogen-bond acceptors (Lipinski definition) is 6. The molecular formula is C24H26N2O4. The predicted molar refractivity (Wildman–Crippen MR) is 104 cm³/mol. The molecule has 7 fully saturated rings. The zero-order valence-corrected chi connectivity index (χ0v) is 17.0. The molecule has 2 spiro atoms. The maximum Gasteiger partial charge on any atom is 0.331 e. The van der Waals surface area contributed by atoms with Gasteiger partial charge in [0.1, 0.15) is 0 Å². The standard InChI is InChI=1S/C24H26N2O4/c27-17-7-11-19-20-12-8-18(28)30-24(12)10-14(26-6-2-4-16(24)26)22(20)21(19)13-9-23(11,29-17)15-3-1-5-25(13)15/h7-8,13-16,19-22H,1-6,9-10H2/t13-,14-,15+,16+,19+,20+,21+,22+,23-,24-/m0/s1. The smallest absolute Gasteiger partial charge is 0.331 e. The summed E-state index contributed by atoms with van der Waals surface area (Å²) in [5.74, 6) is 1.62. The van der Waals surface area contributed by atoms with Crippen molar-refractivity contribution in [2.75, 3.05) is 13.1 Å². The predicted octanol–water partition coefficient (Wildman–Crippen LogP) is 1.41. The maximum absolute atomic E-state index is 12.6. The lowest BCUT2D eigenvalue weighted by Crippen LogP contribution is -2.66. The molecule has 10 atom stereocenters. The van der Waals surface area contributed by atoms with E-state index in [2.05, 4.69) is 9.80 Å². The first-order valence-corrected chi connectivity index (χ1v) is 12.0. The van der Waals surface area contributed by atoms with E-state index in [9.17, 15) is 9.59 Å². The van der Waals surface area contributed by atoms with Gasteiger partial charge in [0.2, 0.25) is 0 Å². The average Bonchev–Trinajstić information content (AvgIpc) is 3.48. The maximum atomic E-state index is 12.6. The minimum atomic E-state index is -0.381. The minimum Gasteiger partial charge on any atom is -0.450 e. The van der Waals surface area contributed by atoms with Crippen LogP contribution in [-0.2, 0) is 19.1 Å². The van der Waals surface area contributed by atoms with E-state index in [4.69, 9.17) is 9.47 Å². The number of fused-ring (bicyclic) bond motifs is 8. The third-order valence-electron chi connectivity index (χ3n) is 10.9. The molecule has 9 rings (SSSR count). The zero-order chi connectivity index (χ0) is 19.6. The van der Waals surface area contributed by atoms with E-state index in [0.717, 1.165) is 38.8 Å². The van der Waals surface area contributed by atoms with Crippen LogP contribution < -0.4 is 0 Å². The summed E-state index contributed by atoms with van der Waals surface area (Å²) in [7, 11) is 0. The molecule has 30 heavy (non-hydrogen) atoms. The van der Waals surface area contributed by atoms with Gasteiger partial charge in [-0.3, -0.25) is 9.80 Å². The Morgan fingerprint density at radius 2 is 1.23 bits per heavy atom. The van der Waals surface area contributed by atoms with Gasteiger partial charge in [0, 0.05) is 37.1 Å². The van der Waals surface area contributed by atoms with Crippen molar-refractivity contribution in [3.63, 3.8) is 0 Å². The van der Waals surface area contributed by atoms with E-state index in [-0.39, 0.29) is 23.1 Å². The van der Waals surface area contributed by atoms with Gasteiger partial charge in [0.15, 0.2) is 11.2 Å². The molecule has 1 saturated carbocycles. The van der Waals surface area contributed by atoms with Crippen molar-refractivity contribution in [3.8, 4) is 0 Å². The zero-order valence-electron chi connectivity index (χ0n) is 17.0. The molecule has 6 nitrogen and oxygen atoms in total. The van der Waals surface area contributed by atoms with Gasteiger partial charge in [-0.25, -0.2) is 9.59 Å². The fourth-order valence-corrected chi connectivity index (χ4v) is 10.5. The number of rotatable bonds is 0. The van der Waals surface area contributed by atoms with Gasteiger partial charge in [-0.05, 0) is 73.6 Å². The number of esters is 2. The highest BCUT2D eigenvalue weighted by Crippen LogP contribution is 2.74. The molecular weight excluding hydrogens is 380 g/mol. The second-order valence-corrected chi connectivity index (χ2v) is 11.4. The van der Waals surface area contributed by atoms with Crippen molar-refractivity contribution >= 4 is 11.9 Å². The molecule has 0 unspecified atom stereocenters. The van der Waals surface area contributed by atoms with Crippen LogP contribution in [0, 0.1) is 23.7 Å². The molecule has 0 N–H and O–H groups in total. The van der Waals surface area contributed by atoms with Crippen molar-refractivity contribution in [1.29, 1.82) is 0 Å². The summed E-state index contributed by atoms with van der Waals surface area (Å²) >= 11 is 0. The Morgan fingerprint density at radius 3 is 1.70 bits per heavy atom. The monoisotopic (exact) mass is 406 g/mol. The van der Waals surface area contributed by atoms with Crippen LogP contribution in [0.4, 0.5) is 0 Å². The molecule has 6 saturated heterocycles. The molecule has 9 aliphatic rings. The van der Waals surface area contributed by atoms with Gasteiger partial charge < -0.3 is 9.47 Å². The van der Waals surface area contributed by atoms with E-state index in [1.165, 1.54) is 24.0 Å². The van der Waals surface area contributed by atoms with E-state index in [1.807, 2.05) is 12.2 Å². The SMILES string of the molecule is O=C1C=C2[C@@H]3[C@H]4C5=CC(=O)O[C@@]56C[C@@H]([C@H]4[C@@H]3[C@@H]3C[C@@]2(O1)[C@H]1CCCN31)N1CCC[C@@H]16. The fraction of sp³-hybridized carbons (Fsp3) is 0.750. The Hall–Kier alpha value is -1.66. The highest BCUT2D eigenvalue weighted by Gasteiger charge is 2.79. The first-order valence-electron chi connectivity index (χ1n) is 12.0. The highest BCUT2D eigenvalue weighted by molar-refractivity contribution is 5.89. The van der Waals surface area contributed by atoms with Crippen molar-refractivity contribution in [2.45, 2.75) is 73.9 Å². The largest absolute Gasteiger partial charge is 0.450 e. The normalized spacial score (nSPS) is 58.7. The second kappa shape index (κ2) is 4.58. The first-order chi connectivity index (χ1) is 14.6. The Labute approximate surface area is 175 Å². The third kappa shape index (κ3) is 1.39. The molecule has 4 bridgehead atoms. The van der Waals surface area contributed by atoms with Crippen molar-refractivity contribution in [1.82, 2.24) is 9.80 Å². The lowest BCUT2D eigenvalue weighted by Gasteiger charge is -2.64. The number of ether oxygens (including phenoxy) is 2. The van der Waals surface area contributed by atoms with Gasteiger partial charge in [0.05, 0.1) is 12.1 Å². The number of nitrogens with zero attached hydrogens (tertiary/aromatic N) is 2. The van der Waals surface area contributed by atoms with Crippen LogP contribution in [0.15, 0.2) is 23.3 Å². The van der Waals surface area contributed by atoms with E-state index in [1.54, 1.807) is 0 Å². The van der Waals surface area contributed by atoms with Crippen LogP contribution >= 0.6 is 0 Å². The van der Waals surface area contributed by atoms with Gasteiger partial charge in [-0.15, -0.1) is 0 Å². The molecule has 0 amide bonds. The summed E-state index contributed by atoms with van der Waals surface area (Å²) in [4.78, 5) is 30.6. The fourth-order valence-electron chi connectivity index (χ4n) is 10.5. The molecule has 0 aromatic heterocycles.